The van der Waals surface area contributed by atoms with Crippen molar-refractivity contribution in [3.05, 3.63) is 0 Å². The van der Waals surface area contributed by atoms with Gasteiger partial charge in [0.25, 0.3) is 0 Å². The molecule has 2 aliphatic rings. The Bertz CT molecular complexity index is 165. The molecule has 0 unspecified atom stereocenters. The van der Waals surface area contributed by atoms with E-state index in [0.29, 0.717) is 5.54 Å². The quantitative estimate of drug-likeness (QED) is 0.645. The van der Waals surface area contributed by atoms with E-state index in [4.69, 9.17) is 0 Å². The Hall–Kier alpha value is -0.0800. The molecule has 1 aliphatic carbocycles. The lowest BCUT2D eigenvalue weighted by molar-refractivity contribution is 0.0741. The molecule has 2 heteroatoms. The fraction of sp³-hybridized carbons (Fsp3) is 1.00. The molecule has 0 atom stereocenters. The van der Waals surface area contributed by atoms with Gasteiger partial charge in [-0.2, -0.15) is 0 Å². The largest absolute Gasteiger partial charge is 0.314 e. The second kappa shape index (κ2) is 4.63. The van der Waals surface area contributed by atoms with Crippen LogP contribution >= 0.6 is 0 Å². The average molecular weight is 196 g/mol. The van der Waals surface area contributed by atoms with Crippen LogP contribution in [-0.4, -0.2) is 36.6 Å². The molecule has 1 saturated carbocycles. The summed E-state index contributed by atoms with van der Waals surface area (Å²) in [5.41, 5.74) is 0.526. The van der Waals surface area contributed by atoms with Gasteiger partial charge < -0.3 is 5.32 Å². The molecule has 0 aromatic rings. The summed E-state index contributed by atoms with van der Waals surface area (Å²) in [6, 6.07) is 0. The standard InChI is InChI=1S/C12H24N2/c1-12(6-4-2-3-5-7-12)14-10-8-13-9-11-14/h13H,2-11H2,1H3. The Kier molecular flexibility index (Phi) is 3.45. The summed E-state index contributed by atoms with van der Waals surface area (Å²) in [7, 11) is 0. The third kappa shape index (κ3) is 2.29. The SMILES string of the molecule is CC1(N2CCNCC2)CCCCCC1. The lowest BCUT2D eigenvalue weighted by Gasteiger charge is -2.43. The fourth-order valence-corrected chi connectivity index (χ4v) is 3.01. The number of rotatable bonds is 1. The van der Waals surface area contributed by atoms with Crippen molar-refractivity contribution in [1.29, 1.82) is 0 Å². The predicted octanol–water partition coefficient (Wildman–Crippen LogP) is 2.00. The predicted molar refractivity (Wildman–Crippen MR) is 60.5 cm³/mol. The zero-order valence-electron chi connectivity index (χ0n) is 9.52. The van der Waals surface area contributed by atoms with Crippen LogP contribution in [0.15, 0.2) is 0 Å². The van der Waals surface area contributed by atoms with E-state index < -0.39 is 0 Å². The highest BCUT2D eigenvalue weighted by Crippen LogP contribution is 2.32. The summed E-state index contributed by atoms with van der Waals surface area (Å²) in [5.74, 6) is 0. The zero-order chi connectivity index (χ0) is 9.86. The van der Waals surface area contributed by atoms with Crippen molar-refractivity contribution in [1.82, 2.24) is 10.2 Å². The number of nitrogens with one attached hydrogen (secondary N) is 1. The van der Waals surface area contributed by atoms with Gasteiger partial charge >= 0.3 is 0 Å². The van der Waals surface area contributed by atoms with Crippen LogP contribution in [0, 0.1) is 0 Å². The molecule has 0 aromatic carbocycles. The Morgan fingerprint density at radius 3 is 2.07 bits per heavy atom. The van der Waals surface area contributed by atoms with Gasteiger partial charge in [0.05, 0.1) is 0 Å². The van der Waals surface area contributed by atoms with Crippen molar-refractivity contribution < 1.29 is 0 Å². The summed E-state index contributed by atoms with van der Waals surface area (Å²) in [5, 5.41) is 3.44. The maximum Gasteiger partial charge on any atom is 0.0182 e. The van der Waals surface area contributed by atoms with Gasteiger partial charge in [-0.05, 0) is 19.8 Å². The first-order valence-corrected chi connectivity index (χ1v) is 6.27. The van der Waals surface area contributed by atoms with Gasteiger partial charge in [0.1, 0.15) is 0 Å². The Balaban J connectivity index is 1.96. The summed E-state index contributed by atoms with van der Waals surface area (Å²) in [6.07, 6.45) is 8.66. The number of nitrogens with zero attached hydrogens (tertiary/aromatic N) is 1. The minimum Gasteiger partial charge on any atom is -0.314 e. The number of hydrogen-bond acceptors (Lipinski definition) is 2. The molecule has 1 N–H and O–H groups in total. The van der Waals surface area contributed by atoms with E-state index in [9.17, 15) is 0 Å². The normalized spacial score (nSPS) is 29.8. The van der Waals surface area contributed by atoms with Crippen molar-refractivity contribution in [2.75, 3.05) is 26.2 Å². The second-order valence-electron chi connectivity index (χ2n) is 5.15. The lowest BCUT2D eigenvalue weighted by Crippen LogP contribution is -2.54. The van der Waals surface area contributed by atoms with E-state index in [0.717, 1.165) is 0 Å². The first-order chi connectivity index (χ1) is 6.81. The van der Waals surface area contributed by atoms with Crippen LogP contribution in [0.2, 0.25) is 0 Å². The van der Waals surface area contributed by atoms with E-state index in [1.54, 1.807) is 0 Å². The van der Waals surface area contributed by atoms with E-state index in [-0.39, 0.29) is 0 Å². The molecule has 0 aromatic heterocycles. The Labute approximate surface area is 88.1 Å². The Morgan fingerprint density at radius 2 is 1.50 bits per heavy atom. The molecule has 1 heterocycles. The molecule has 1 aliphatic heterocycles. The van der Waals surface area contributed by atoms with Gasteiger partial charge in [0.2, 0.25) is 0 Å². The molecule has 14 heavy (non-hydrogen) atoms. The maximum absolute atomic E-state index is 3.44. The molecule has 0 amide bonds. The van der Waals surface area contributed by atoms with Crippen molar-refractivity contribution in [3.63, 3.8) is 0 Å². The summed E-state index contributed by atoms with van der Waals surface area (Å²) in [4.78, 5) is 2.73. The van der Waals surface area contributed by atoms with Crippen LogP contribution in [0.3, 0.4) is 0 Å². The van der Waals surface area contributed by atoms with Gasteiger partial charge in [-0.3, -0.25) is 4.90 Å². The monoisotopic (exact) mass is 196 g/mol. The van der Waals surface area contributed by atoms with Crippen molar-refractivity contribution in [2.24, 2.45) is 0 Å². The first kappa shape index (κ1) is 10.4. The molecular formula is C12H24N2. The first-order valence-electron chi connectivity index (χ1n) is 6.27. The molecule has 0 spiro atoms. The van der Waals surface area contributed by atoms with Crippen LogP contribution in [0.5, 0.6) is 0 Å². The number of hydrogen-bond donors (Lipinski definition) is 1. The highest BCUT2D eigenvalue weighted by molar-refractivity contribution is 4.89. The van der Waals surface area contributed by atoms with Gasteiger partial charge in [0, 0.05) is 31.7 Å². The van der Waals surface area contributed by atoms with Crippen LogP contribution in [0.4, 0.5) is 0 Å². The minimum absolute atomic E-state index is 0.526. The van der Waals surface area contributed by atoms with Gasteiger partial charge in [-0.15, -0.1) is 0 Å². The van der Waals surface area contributed by atoms with Crippen LogP contribution in [-0.2, 0) is 0 Å². The lowest BCUT2D eigenvalue weighted by atomic mass is 9.90. The molecule has 0 radical (unpaired) electrons. The topological polar surface area (TPSA) is 15.3 Å². The van der Waals surface area contributed by atoms with Gasteiger partial charge in [-0.25, -0.2) is 0 Å². The third-order valence-electron chi connectivity index (χ3n) is 4.06. The minimum atomic E-state index is 0.526. The zero-order valence-corrected chi connectivity index (χ0v) is 9.52. The van der Waals surface area contributed by atoms with E-state index in [1.807, 2.05) is 0 Å². The molecule has 2 rings (SSSR count). The van der Waals surface area contributed by atoms with Crippen LogP contribution in [0.1, 0.15) is 45.4 Å². The maximum atomic E-state index is 3.44. The van der Waals surface area contributed by atoms with Crippen molar-refractivity contribution in [2.45, 2.75) is 51.0 Å². The van der Waals surface area contributed by atoms with Crippen molar-refractivity contribution in [3.8, 4) is 0 Å². The van der Waals surface area contributed by atoms with E-state index >= 15 is 0 Å². The number of piperazine rings is 1. The summed E-state index contributed by atoms with van der Waals surface area (Å²) in [6.45, 7) is 7.39. The molecule has 1 saturated heterocycles. The molecule has 0 bridgehead atoms. The van der Waals surface area contributed by atoms with Crippen LogP contribution in [0.25, 0.3) is 0 Å². The Morgan fingerprint density at radius 1 is 0.929 bits per heavy atom. The highest BCUT2D eigenvalue weighted by atomic mass is 15.2. The van der Waals surface area contributed by atoms with Gasteiger partial charge in [-0.1, -0.05) is 25.7 Å². The fourth-order valence-electron chi connectivity index (χ4n) is 3.01. The molecule has 82 valence electrons. The van der Waals surface area contributed by atoms with E-state index in [1.165, 1.54) is 64.7 Å². The van der Waals surface area contributed by atoms with Crippen LogP contribution < -0.4 is 5.32 Å². The molecular weight excluding hydrogens is 172 g/mol. The summed E-state index contributed by atoms with van der Waals surface area (Å²) < 4.78 is 0. The average Bonchev–Trinajstić information content (AvgIpc) is 2.46. The van der Waals surface area contributed by atoms with E-state index in [2.05, 4.69) is 17.1 Å². The molecule has 2 nitrogen and oxygen atoms in total. The van der Waals surface area contributed by atoms with Crippen molar-refractivity contribution >= 4 is 0 Å². The molecule has 2 fully saturated rings. The highest BCUT2D eigenvalue weighted by Gasteiger charge is 2.32. The third-order valence-corrected chi connectivity index (χ3v) is 4.06. The second-order valence-corrected chi connectivity index (χ2v) is 5.15. The smallest absolute Gasteiger partial charge is 0.0182 e. The summed E-state index contributed by atoms with van der Waals surface area (Å²) >= 11 is 0. The van der Waals surface area contributed by atoms with Gasteiger partial charge in [0.15, 0.2) is 0 Å².